The molecule has 0 fully saturated rings. The maximum absolute atomic E-state index is 12.8. The number of aromatic nitrogens is 3. The molecule has 0 spiro atoms. The standard InChI is InChI=1S/C26H19Cl2N5O3/c1-2-36-26(35)21-22-24(32-20-6-4-3-5-19(20)31-22)33(23(21)29)16-10-8-15(9-11-16)30-25(34)17-12-7-14(27)13-18(17)28/h3-13H,2,29H2,1H3,(H,30,34). The van der Waals surface area contributed by atoms with Gasteiger partial charge in [0.2, 0.25) is 0 Å². The second-order valence-electron chi connectivity index (χ2n) is 7.83. The van der Waals surface area contributed by atoms with E-state index in [4.69, 9.17) is 38.7 Å². The van der Waals surface area contributed by atoms with Gasteiger partial charge in [-0.05, 0) is 61.5 Å². The number of ether oxygens (including phenoxy) is 1. The molecule has 36 heavy (non-hydrogen) atoms. The molecular formula is C26H19Cl2N5O3. The number of fused-ring (bicyclic) bond motifs is 2. The van der Waals surface area contributed by atoms with Crippen LogP contribution in [0.3, 0.4) is 0 Å². The zero-order chi connectivity index (χ0) is 25.4. The molecule has 3 aromatic carbocycles. The van der Waals surface area contributed by atoms with Crippen molar-refractivity contribution < 1.29 is 14.3 Å². The van der Waals surface area contributed by atoms with E-state index in [1.54, 1.807) is 47.9 Å². The lowest BCUT2D eigenvalue weighted by Crippen LogP contribution is -2.12. The first-order valence-electron chi connectivity index (χ1n) is 11.0. The average Bonchev–Trinajstić information content (AvgIpc) is 3.13. The summed E-state index contributed by atoms with van der Waals surface area (Å²) in [4.78, 5) is 34.8. The molecule has 3 N–H and O–H groups in total. The number of nitrogens with one attached hydrogen (secondary N) is 1. The summed E-state index contributed by atoms with van der Waals surface area (Å²) in [5, 5.41) is 3.50. The number of benzene rings is 3. The number of hydrogen-bond donors (Lipinski definition) is 2. The first-order chi connectivity index (χ1) is 17.4. The molecule has 2 aromatic heterocycles. The highest BCUT2D eigenvalue weighted by Crippen LogP contribution is 2.32. The molecule has 5 aromatic rings. The fourth-order valence-corrected chi connectivity index (χ4v) is 4.39. The van der Waals surface area contributed by atoms with Crippen LogP contribution in [0.4, 0.5) is 11.5 Å². The van der Waals surface area contributed by atoms with Crippen LogP contribution >= 0.6 is 23.2 Å². The maximum Gasteiger partial charge on any atom is 0.344 e. The highest BCUT2D eigenvalue weighted by atomic mass is 35.5. The van der Waals surface area contributed by atoms with Gasteiger partial charge >= 0.3 is 5.97 Å². The Kier molecular flexibility index (Phi) is 6.22. The summed E-state index contributed by atoms with van der Waals surface area (Å²) < 4.78 is 6.88. The van der Waals surface area contributed by atoms with E-state index in [1.165, 1.54) is 6.07 Å². The third-order valence-electron chi connectivity index (χ3n) is 5.54. The number of nitrogens with zero attached hydrogens (tertiary/aromatic N) is 3. The van der Waals surface area contributed by atoms with Crippen LogP contribution in [0.25, 0.3) is 27.9 Å². The van der Waals surface area contributed by atoms with E-state index in [-0.39, 0.29) is 28.9 Å². The van der Waals surface area contributed by atoms with Gasteiger partial charge in [0.15, 0.2) is 5.65 Å². The number of nitrogen functional groups attached to an aromatic ring is 1. The van der Waals surface area contributed by atoms with Crippen LogP contribution in [0.15, 0.2) is 66.7 Å². The molecule has 0 aliphatic heterocycles. The number of rotatable bonds is 5. The predicted octanol–water partition coefficient (Wildman–Crippen LogP) is 5.89. The molecule has 0 atom stereocenters. The van der Waals surface area contributed by atoms with Gasteiger partial charge in [-0.15, -0.1) is 0 Å². The van der Waals surface area contributed by atoms with Crippen LogP contribution in [0.1, 0.15) is 27.6 Å². The quantitative estimate of drug-likeness (QED) is 0.280. The molecule has 0 bridgehead atoms. The number of anilines is 2. The van der Waals surface area contributed by atoms with Gasteiger partial charge in [0.1, 0.15) is 16.9 Å². The molecule has 0 aliphatic rings. The minimum absolute atomic E-state index is 0.153. The number of halogens is 2. The first kappa shape index (κ1) is 23.6. The van der Waals surface area contributed by atoms with Crippen molar-refractivity contribution in [2.24, 2.45) is 0 Å². The fraction of sp³-hybridized carbons (Fsp3) is 0.0769. The van der Waals surface area contributed by atoms with Gasteiger partial charge in [0.05, 0.1) is 28.2 Å². The molecule has 1 amide bonds. The fourth-order valence-electron chi connectivity index (χ4n) is 3.89. The third-order valence-corrected chi connectivity index (χ3v) is 6.08. The van der Waals surface area contributed by atoms with Crippen molar-refractivity contribution >= 4 is 68.8 Å². The first-order valence-corrected chi connectivity index (χ1v) is 11.7. The van der Waals surface area contributed by atoms with Crippen LogP contribution < -0.4 is 11.1 Å². The zero-order valence-electron chi connectivity index (χ0n) is 19.0. The normalized spacial score (nSPS) is 11.1. The molecular weight excluding hydrogens is 501 g/mol. The van der Waals surface area contributed by atoms with Gasteiger partial charge in [-0.2, -0.15) is 0 Å². The number of para-hydroxylation sites is 2. The number of esters is 1. The molecule has 180 valence electrons. The van der Waals surface area contributed by atoms with Crippen molar-refractivity contribution in [1.29, 1.82) is 0 Å². The lowest BCUT2D eigenvalue weighted by atomic mass is 10.2. The Balaban J connectivity index is 1.56. The highest BCUT2D eigenvalue weighted by molar-refractivity contribution is 6.37. The van der Waals surface area contributed by atoms with E-state index in [9.17, 15) is 9.59 Å². The number of carbonyl (C=O) groups excluding carboxylic acids is 2. The molecule has 5 rings (SSSR count). The maximum atomic E-state index is 12.8. The zero-order valence-corrected chi connectivity index (χ0v) is 20.5. The van der Waals surface area contributed by atoms with Crippen LogP contribution in [-0.4, -0.2) is 33.0 Å². The van der Waals surface area contributed by atoms with E-state index >= 15 is 0 Å². The van der Waals surface area contributed by atoms with Crippen LogP contribution in [0.2, 0.25) is 10.0 Å². The van der Waals surface area contributed by atoms with E-state index in [0.717, 1.165) is 0 Å². The third kappa shape index (κ3) is 4.21. The van der Waals surface area contributed by atoms with E-state index < -0.39 is 5.97 Å². The number of carbonyl (C=O) groups is 2. The summed E-state index contributed by atoms with van der Waals surface area (Å²) in [6.07, 6.45) is 0. The monoisotopic (exact) mass is 519 g/mol. The van der Waals surface area contributed by atoms with Crippen LogP contribution in [0.5, 0.6) is 0 Å². The summed E-state index contributed by atoms with van der Waals surface area (Å²) in [5.74, 6) is -0.798. The van der Waals surface area contributed by atoms with Gasteiger partial charge < -0.3 is 15.8 Å². The van der Waals surface area contributed by atoms with Gasteiger partial charge in [-0.3, -0.25) is 9.36 Å². The molecule has 0 saturated carbocycles. The molecule has 0 aliphatic carbocycles. The molecule has 10 heteroatoms. The Morgan fingerprint density at radius 1 is 1.00 bits per heavy atom. The highest BCUT2D eigenvalue weighted by Gasteiger charge is 2.25. The average molecular weight is 520 g/mol. The van der Waals surface area contributed by atoms with Crippen molar-refractivity contribution in [3.05, 3.63) is 87.9 Å². The minimum Gasteiger partial charge on any atom is -0.462 e. The largest absolute Gasteiger partial charge is 0.462 e. The summed E-state index contributed by atoms with van der Waals surface area (Å²) in [5.41, 5.74) is 10.1. The van der Waals surface area contributed by atoms with Crippen molar-refractivity contribution in [3.8, 4) is 5.69 Å². The Morgan fingerprint density at radius 3 is 2.36 bits per heavy atom. The predicted molar refractivity (Wildman–Crippen MR) is 141 cm³/mol. The van der Waals surface area contributed by atoms with Gasteiger partial charge in [0.25, 0.3) is 5.91 Å². The van der Waals surface area contributed by atoms with E-state index in [2.05, 4.69) is 10.3 Å². The molecule has 0 saturated heterocycles. The number of amides is 1. The lowest BCUT2D eigenvalue weighted by molar-refractivity contribution is 0.0529. The second kappa shape index (κ2) is 9.49. The Labute approximate surface area is 215 Å². The van der Waals surface area contributed by atoms with Gasteiger partial charge in [-0.25, -0.2) is 14.8 Å². The van der Waals surface area contributed by atoms with Crippen molar-refractivity contribution in [2.45, 2.75) is 6.92 Å². The minimum atomic E-state index is -0.577. The number of hydrogen-bond acceptors (Lipinski definition) is 6. The van der Waals surface area contributed by atoms with Crippen LogP contribution in [-0.2, 0) is 4.74 Å². The van der Waals surface area contributed by atoms with E-state index in [1.807, 2.05) is 24.3 Å². The van der Waals surface area contributed by atoms with Crippen LogP contribution in [0, 0.1) is 0 Å². The van der Waals surface area contributed by atoms with Gasteiger partial charge in [0, 0.05) is 16.4 Å². The molecule has 2 heterocycles. The lowest BCUT2D eigenvalue weighted by Gasteiger charge is -2.11. The molecule has 8 nitrogen and oxygen atoms in total. The summed E-state index contributed by atoms with van der Waals surface area (Å²) >= 11 is 12.1. The van der Waals surface area contributed by atoms with Crippen molar-refractivity contribution in [2.75, 3.05) is 17.7 Å². The Morgan fingerprint density at radius 2 is 1.69 bits per heavy atom. The topological polar surface area (TPSA) is 112 Å². The summed E-state index contributed by atoms with van der Waals surface area (Å²) in [7, 11) is 0. The Hall–Kier alpha value is -4.14. The van der Waals surface area contributed by atoms with E-state index in [0.29, 0.717) is 44.2 Å². The molecule has 0 radical (unpaired) electrons. The summed E-state index contributed by atoms with van der Waals surface area (Å²) in [6.45, 7) is 1.91. The van der Waals surface area contributed by atoms with Gasteiger partial charge in [-0.1, -0.05) is 35.3 Å². The number of nitrogens with two attached hydrogens (primary N) is 1. The molecule has 0 unspecified atom stereocenters. The summed E-state index contributed by atoms with van der Waals surface area (Å²) in [6, 6.07) is 18.9. The van der Waals surface area contributed by atoms with Crippen molar-refractivity contribution in [1.82, 2.24) is 14.5 Å². The smallest absolute Gasteiger partial charge is 0.344 e. The van der Waals surface area contributed by atoms with Crippen molar-refractivity contribution in [3.63, 3.8) is 0 Å². The second-order valence-corrected chi connectivity index (χ2v) is 8.67. The SMILES string of the molecule is CCOC(=O)c1c(N)n(-c2ccc(NC(=O)c3ccc(Cl)cc3Cl)cc2)c2nc3ccccc3nc12. The Bertz CT molecular complexity index is 1650.